The van der Waals surface area contributed by atoms with Crippen molar-refractivity contribution in [2.24, 2.45) is 5.73 Å². The first kappa shape index (κ1) is 15.7. The highest BCUT2D eigenvalue weighted by atomic mass is 79.9. The summed E-state index contributed by atoms with van der Waals surface area (Å²) in [4.78, 5) is 20.7. The van der Waals surface area contributed by atoms with Gasteiger partial charge in [0.15, 0.2) is 6.29 Å². The van der Waals surface area contributed by atoms with E-state index >= 15 is 0 Å². The van der Waals surface area contributed by atoms with E-state index in [0.717, 1.165) is 23.1 Å². The van der Waals surface area contributed by atoms with Crippen molar-refractivity contribution in [3.05, 3.63) is 29.3 Å². The van der Waals surface area contributed by atoms with Crippen LogP contribution in [0.15, 0.2) is 18.2 Å². The SMILES string of the molecule is Cc1ccc(NC(Br)C=O)cc1C[C@H](N)CC(=O)O. The molecule has 0 fully saturated rings. The number of alkyl halides is 1. The molecule has 5 nitrogen and oxygen atoms in total. The van der Waals surface area contributed by atoms with E-state index in [9.17, 15) is 9.59 Å². The van der Waals surface area contributed by atoms with Crippen LogP contribution < -0.4 is 11.1 Å². The van der Waals surface area contributed by atoms with Crippen molar-refractivity contribution in [1.29, 1.82) is 0 Å². The average molecular weight is 329 g/mol. The highest BCUT2D eigenvalue weighted by Gasteiger charge is 2.11. The van der Waals surface area contributed by atoms with E-state index in [-0.39, 0.29) is 6.42 Å². The van der Waals surface area contributed by atoms with Crippen molar-refractivity contribution in [3.8, 4) is 0 Å². The first-order chi connectivity index (χ1) is 8.92. The molecule has 0 aliphatic rings. The molecule has 104 valence electrons. The number of benzene rings is 1. The predicted octanol–water partition coefficient (Wildman–Crippen LogP) is 1.67. The Kier molecular flexibility index (Phi) is 5.98. The molecular weight excluding hydrogens is 312 g/mol. The zero-order valence-electron chi connectivity index (χ0n) is 10.6. The van der Waals surface area contributed by atoms with Gasteiger partial charge in [-0.3, -0.25) is 4.79 Å². The summed E-state index contributed by atoms with van der Waals surface area (Å²) in [5.74, 6) is -0.902. The topological polar surface area (TPSA) is 92.4 Å². The van der Waals surface area contributed by atoms with Crippen LogP contribution in [0.1, 0.15) is 17.5 Å². The molecule has 0 amide bonds. The molecule has 0 aliphatic heterocycles. The normalized spacial score (nSPS) is 13.6. The van der Waals surface area contributed by atoms with Crippen molar-refractivity contribution < 1.29 is 14.7 Å². The standard InChI is InChI=1S/C13H17BrN2O3/c1-8-2-3-11(16-12(14)7-17)5-9(8)4-10(15)6-13(18)19/h2-3,5,7,10,12,16H,4,6,15H2,1H3,(H,18,19)/t10-,12?/m0/s1. The summed E-state index contributed by atoms with van der Waals surface area (Å²) >= 11 is 3.16. The van der Waals surface area contributed by atoms with E-state index in [1.807, 2.05) is 25.1 Å². The van der Waals surface area contributed by atoms with E-state index in [2.05, 4.69) is 21.2 Å². The number of carboxylic acids is 1. The van der Waals surface area contributed by atoms with Gasteiger partial charge in [-0.05, 0) is 36.6 Å². The summed E-state index contributed by atoms with van der Waals surface area (Å²) in [6.45, 7) is 1.94. The third-order valence-electron chi connectivity index (χ3n) is 2.69. The van der Waals surface area contributed by atoms with Crippen LogP contribution in [0.2, 0.25) is 0 Å². The lowest BCUT2D eigenvalue weighted by Gasteiger charge is -2.14. The number of carbonyl (C=O) groups excluding carboxylic acids is 1. The van der Waals surface area contributed by atoms with Crippen LogP contribution in [-0.4, -0.2) is 28.4 Å². The van der Waals surface area contributed by atoms with E-state index in [1.54, 1.807) is 0 Å². The van der Waals surface area contributed by atoms with Crippen LogP contribution in [0.3, 0.4) is 0 Å². The predicted molar refractivity (Wildman–Crippen MR) is 77.5 cm³/mol. The molecule has 2 atom stereocenters. The van der Waals surface area contributed by atoms with Crippen LogP contribution >= 0.6 is 15.9 Å². The zero-order valence-corrected chi connectivity index (χ0v) is 12.2. The Hall–Kier alpha value is -1.40. The highest BCUT2D eigenvalue weighted by Crippen LogP contribution is 2.18. The van der Waals surface area contributed by atoms with E-state index in [0.29, 0.717) is 6.42 Å². The first-order valence-electron chi connectivity index (χ1n) is 5.85. The zero-order chi connectivity index (χ0) is 14.4. The molecule has 0 spiro atoms. The number of rotatable bonds is 7. The summed E-state index contributed by atoms with van der Waals surface area (Å²) in [7, 11) is 0. The molecule has 6 heteroatoms. The van der Waals surface area contributed by atoms with Gasteiger partial charge in [0.2, 0.25) is 0 Å². The number of hydrogen-bond acceptors (Lipinski definition) is 4. The Labute approximate surface area is 120 Å². The van der Waals surface area contributed by atoms with Crippen molar-refractivity contribution in [2.75, 3.05) is 5.32 Å². The molecule has 0 saturated carbocycles. The number of nitrogens with two attached hydrogens (primary N) is 1. The summed E-state index contributed by atoms with van der Waals surface area (Å²) in [5, 5.41) is 11.7. The van der Waals surface area contributed by atoms with Gasteiger partial charge in [-0.15, -0.1) is 0 Å². The summed E-state index contributed by atoms with van der Waals surface area (Å²) < 4.78 is 0. The van der Waals surface area contributed by atoms with Crippen LogP contribution in [0.5, 0.6) is 0 Å². The van der Waals surface area contributed by atoms with Gasteiger partial charge in [0.05, 0.1) is 6.42 Å². The first-order valence-corrected chi connectivity index (χ1v) is 6.76. The molecule has 0 bridgehead atoms. The van der Waals surface area contributed by atoms with Gasteiger partial charge >= 0.3 is 5.97 Å². The van der Waals surface area contributed by atoms with Crippen molar-refractivity contribution in [3.63, 3.8) is 0 Å². The van der Waals surface area contributed by atoms with Crippen LogP contribution in [-0.2, 0) is 16.0 Å². The molecule has 0 radical (unpaired) electrons. The fourth-order valence-corrected chi connectivity index (χ4v) is 2.02. The third-order valence-corrected chi connectivity index (χ3v) is 3.14. The second-order valence-corrected chi connectivity index (χ2v) is 5.37. The summed E-state index contributed by atoms with van der Waals surface area (Å²) in [5.41, 5.74) is 8.60. The molecule has 0 aromatic heterocycles. The van der Waals surface area contributed by atoms with Gasteiger partial charge < -0.3 is 21.0 Å². The minimum Gasteiger partial charge on any atom is -0.481 e. The maximum absolute atomic E-state index is 10.6. The number of nitrogens with one attached hydrogen (secondary N) is 1. The molecule has 0 saturated heterocycles. The molecule has 1 aromatic rings. The summed E-state index contributed by atoms with van der Waals surface area (Å²) in [6, 6.07) is 5.24. The van der Waals surface area contributed by atoms with Gasteiger partial charge in [-0.1, -0.05) is 22.0 Å². The van der Waals surface area contributed by atoms with Crippen LogP contribution in [0.4, 0.5) is 5.69 Å². The third kappa shape index (κ3) is 5.40. The Balaban J connectivity index is 2.79. The lowest BCUT2D eigenvalue weighted by Crippen LogP contribution is -2.26. The molecule has 19 heavy (non-hydrogen) atoms. The number of hydrogen-bond donors (Lipinski definition) is 3. The van der Waals surface area contributed by atoms with E-state index in [1.165, 1.54) is 0 Å². The molecule has 4 N–H and O–H groups in total. The number of anilines is 1. The maximum Gasteiger partial charge on any atom is 0.304 e. The Morgan fingerprint density at radius 3 is 2.84 bits per heavy atom. The molecule has 1 rings (SSSR count). The highest BCUT2D eigenvalue weighted by molar-refractivity contribution is 9.10. The number of aldehydes is 1. The Morgan fingerprint density at radius 1 is 1.58 bits per heavy atom. The number of aryl methyl sites for hydroxylation is 1. The molecule has 1 aromatic carbocycles. The van der Waals surface area contributed by atoms with Crippen molar-refractivity contribution >= 4 is 33.9 Å². The van der Waals surface area contributed by atoms with Gasteiger partial charge in [0.25, 0.3) is 0 Å². The Bertz CT molecular complexity index is 465. The van der Waals surface area contributed by atoms with Crippen LogP contribution in [0.25, 0.3) is 0 Å². The molecule has 0 heterocycles. The van der Waals surface area contributed by atoms with E-state index in [4.69, 9.17) is 10.8 Å². The fourth-order valence-electron chi connectivity index (χ4n) is 1.75. The van der Waals surface area contributed by atoms with Crippen molar-refractivity contribution in [2.45, 2.75) is 30.8 Å². The number of carbonyl (C=O) groups is 2. The minimum absolute atomic E-state index is 0.0630. The molecular formula is C13H17BrN2O3. The lowest BCUT2D eigenvalue weighted by atomic mass is 9.99. The second-order valence-electron chi connectivity index (χ2n) is 4.39. The smallest absolute Gasteiger partial charge is 0.304 e. The second kappa shape index (κ2) is 7.25. The Morgan fingerprint density at radius 2 is 2.26 bits per heavy atom. The van der Waals surface area contributed by atoms with Gasteiger partial charge in [-0.2, -0.15) is 0 Å². The fraction of sp³-hybridized carbons (Fsp3) is 0.385. The maximum atomic E-state index is 10.6. The van der Waals surface area contributed by atoms with Gasteiger partial charge in [-0.25, -0.2) is 0 Å². The number of aliphatic carboxylic acids is 1. The quantitative estimate of drug-likeness (QED) is 0.402. The van der Waals surface area contributed by atoms with Crippen LogP contribution in [0, 0.1) is 6.92 Å². The summed E-state index contributed by atoms with van der Waals surface area (Å²) in [6.07, 6.45) is 1.17. The number of halogens is 1. The van der Waals surface area contributed by atoms with E-state index < -0.39 is 17.0 Å². The molecule has 0 aliphatic carbocycles. The monoisotopic (exact) mass is 328 g/mol. The molecule has 1 unspecified atom stereocenters. The van der Waals surface area contributed by atoms with Crippen molar-refractivity contribution in [1.82, 2.24) is 0 Å². The minimum atomic E-state index is -0.902. The average Bonchev–Trinajstić information content (AvgIpc) is 2.32. The van der Waals surface area contributed by atoms with Gasteiger partial charge in [0, 0.05) is 11.7 Å². The van der Waals surface area contributed by atoms with Gasteiger partial charge in [0.1, 0.15) is 4.95 Å². The largest absolute Gasteiger partial charge is 0.481 e. The number of carboxylic acid groups (broad SMARTS) is 1. The lowest BCUT2D eigenvalue weighted by molar-refractivity contribution is -0.137.